The van der Waals surface area contributed by atoms with Crippen LogP contribution in [0.25, 0.3) is 0 Å². The zero-order valence-electron chi connectivity index (χ0n) is 12.3. The van der Waals surface area contributed by atoms with Gasteiger partial charge in [-0.1, -0.05) is 36.8 Å². The Kier molecular flexibility index (Phi) is 4.15. The molecule has 0 aliphatic heterocycles. The molecule has 1 aromatic carbocycles. The van der Waals surface area contributed by atoms with Crippen LogP contribution < -0.4 is 10.6 Å². The van der Waals surface area contributed by atoms with Crippen molar-refractivity contribution in [2.45, 2.75) is 38.1 Å². The molecule has 4 heteroatoms. The average Bonchev–Trinajstić information content (AvgIpc) is 3.24. The molecular weight excluding hydrogens is 264 g/mol. The van der Waals surface area contributed by atoms with E-state index in [9.17, 15) is 9.90 Å². The van der Waals surface area contributed by atoms with Crippen molar-refractivity contribution >= 4 is 6.03 Å². The van der Waals surface area contributed by atoms with Crippen molar-refractivity contribution in [3.8, 4) is 0 Å². The lowest BCUT2D eigenvalue weighted by Gasteiger charge is -2.34. The van der Waals surface area contributed by atoms with Crippen LogP contribution in [0.1, 0.15) is 43.7 Å². The van der Waals surface area contributed by atoms with E-state index in [4.69, 9.17) is 0 Å². The Labute approximate surface area is 125 Å². The molecule has 0 radical (unpaired) electrons. The highest BCUT2D eigenvalue weighted by Crippen LogP contribution is 2.44. The quantitative estimate of drug-likeness (QED) is 0.753. The van der Waals surface area contributed by atoms with E-state index < -0.39 is 0 Å². The number of aliphatic hydroxyl groups excluding tert-OH is 1. The fourth-order valence-corrected chi connectivity index (χ4v) is 2.93. The number of carbonyl (C=O) groups excluding carboxylic acids is 1. The van der Waals surface area contributed by atoms with Crippen LogP contribution in [-0.4, -0.2) is 24.3 Å². The first-order valence-electron chi connectivity index (χ1n) is 7.93. The number of benzene rings is 1. The highest BCUT2D eigenvalue weighted by Gasteiger charge is 2.42. The molecule has 3 rings (SSSR count). The first-order chi connectivity index (χ1) is 10.2. The number of carbonyl (C=O) groups is 1. The molecule has 2 aliphatic rings. The van der Waals surface area contributed by atoms with Crippen LogP contribution in [0.3, 0.4) is 0 Å². The third kappa shape index (κ3) is 3.38. The van der Waals surface area contributed by atoms with Crippen LogP contribution in [0, 0.1) is 11.3 Å². The van der Waals surface area contributed by atoms with Crippen molar-refractivity contribution in [1.29, 1.82) is 0 Å². The van der Waals surface area contributed by atoms with Crippen molar-refractivity contribution in [2.75, 3.05) is 13.2 Å². The van der Waals surface area contributed by atoms with E-state index in [0.717, 1.165) is 12.8 Å². The monoisotopic (exact) mass is 288 g/mol. The average molecular weight is 288 g/mol. The summed E-state index contributed by atoms with van der Waals surface area (Å²) in [6.45, 7) is 0.736. The van der Waals surface area contributed by atoms with Crippen LogP contribution in [-0.2, 0) is 0 Å². The van der Waals surface area contributed by atoms with Gasteiger partial charge in [-0.3, -0.25) is 0 Å². The van der Waals surface area contributed by atoms with Gasteiger partial charge in [-0.05, 0) is 37.2 Å². The number of hydrogen-bond acceptors (Lipinski definition) is 2. The molecular formula is C17H24N2O2. The molecule has 2 aliphatic carbocycles. The zero-order valence-corrected chi connectivity index (χ0v) is 12.3. The van der Waals surface area contributed by atoms with Gasteiger partial charge < -0.3 is 15.7 Å². The summed E-state index contributed by atoms with van der Waals surface area (Å²) in [5, 5.41) is 15.4. The van der Waals surface area contributed by atoms with E-state index in [1.165, 1.54) is 24.8 Å². The highest BCUT2D eigenvalue weighted by molar-refractivity contribution is 5.74. The Hall–Kier alpha value is -1.55. The SMILES string of the molecule is O=C(NCC1(CO)CC1)N[C@H](c1ccccc1)C1CCC1. The molecule has 21 heavy (non-hydrogen) atoms. The number of hydrogen-bond donors (Lipinski definition) is 3. The van der Waals surface area contributed by atoms with Gasteiger partial charge in [0.1, 0.15) is 0 Å². The molecule has 4 nitrogen and oxygen atoms in total. The number of urea groups is 1. The van der Waals surface area contributed by atoms with Crippen LogP contribution >= 0.6 is 0 Å². The summed E-state index contributed by atoms with van der Waals surface area (Å²) in [5.41, 5.74) is 1.14. The number of amides is 2. The summed E-state index contributed by atoms with van der Waals surface area (Å²) in [6, 6.07) is 10.2. The molecule has 0 unspecified atom stereocenters. The number of nitrogens with one attached hydrogen (secondary N) is 2. The Balaban J connectivity index is 1.58. The largest absolute Gasteiger partial charge is 0.396 e. The molecule has 3 N–H and O–H groups in total. The first-order valence-corrected chi connectivity index (χ1v) is 7.93. The molecule has 0 aromatic heterocycles. The molecule has 1 aromatic rings. The molecule has 0 heterocycles. The van der Waals surface area contributed by atoms with Crippen molar-refractivity contribution in [2.24, 2.45) is 11.3 Å². The third-order valence-electron chi connectivity index (χ3n) is 4.98. The van der Waals surface area contributed by atoms with Gasteiger partial charge in [0, 0.05) is 12.0 Å². The Morgan fingerprint density at radius 3 is 2.52 bits per heavy atom. The summed E-state index contributed by atoms with van der Waals surface area (Å²) in [6.07, 6.45) is 5.63. The van der Waals surface area contributed by atoms with Crippen LogP contribution in [0.4, 0.5) is 4.79 Å². The van der Waals surface area contributed by atoms with E-state index in [0.29, 0.717) is 12.5 Å². The van der Waals surface area contributed by atoms with Crippen LogP contribution in [0.2, 0.25) is 0 Å². The molecule has 2 fully saturated rings. The second kappa shape index (κ2) is 6.06. The predicted molar refractivity (Wildman–Crippen MR) is 81.8 cm³/mol. The van der Waals surface area contributed by atoms with Crippen molar-refractivity contribution in [3.05, 3.63) is 35.9 Å². The van der Waals surface area contributed by atoms with Gasteiger partial charge in [0.25, 0.3) is 0 Å². The van der Waals surface area contributed by atoms with E-state index in [-0.39, 0.29) is 24.1 Å². The number of aliphatic hydroxyl groups is 1. The second-order valence-electron chi connectivity index (χ2n) is 6.56. The third-order valence-corrected chi connectivity index (χ3v) is 4.98. The normalized spacial score (nSPS) is 21.2. The molecule has 2 saturated carbocycles. The first kappa shape index (κ1) is 14.4. The van der Waals surface area contributed by atoms with Crippen molar-refractivity contribution < 1.29 is 9.90 Å². The lowest BCUT2D eigenvalue weighted by atomic mass is 9.77. The van der Waals surface area contributed by atoms with E-state index in [1.54, 1.807) is 0 Å². The van der Waals surface area contributed by atoms with Crippen LogP contribution in [0.15, 0.2) is 30.3 Å². The Bertz CT molecular complexity index is 481. The minimum absolute atomic E-state index is 0.0456. The smallest absolute Gasteiger partial charge is 0.315 e. The molecule has 0 saturated heterocycles. The van der Waals surface area contributed by atoms with Gasteiger partial charge in [0.15, 0.2) is 0 Å². The fourth-order valence-electron chi connectivity index (χ4n) is 2.93. The van der Waals surface area contributed by atoms with Gasteiger partial charge >= 0.3 is 6.03 Å². The van der Waals surface area contributed by atoms with Gasteiger partial charge in [0.2, 0.25) is 0 Å². The summed E-state index contributed by atoms with van der Waals surface area (Å²) < 4.78 is 0. The van der Waals surface area contributed by atoms with E-state index in [1.807, 2.05) is 18.2 Å². The lowest BCUT2D eigenvalue weighted by molar-refractivity contribution is 0.193. The topological polar surface area (TPSA) is 61.4 Å². The van der Waals surface area contributed by atoms with Crippen molar-refractivity contribution in [1.82, 2.24) is 10.6 Å². The fraction of sp³-hybridized carbons (Fsp3) is 0.588. The summed E-state index contributed by atoms with van der Waals surface area (Å²) >= 11 is 0. The van der Waals surface area contributed by atoms with Gasteiger partial charge in [-0.25, -0.2) is 4.79 Å². The number of rotatable bonds is 6. The maximum absolute atomic E-state index is 12.2. The van der Waals surface area contributed by atoms with Gasteiger partial charge in [-0.2, -0.15) is 0 Å². The van der Waals surface area contributed by atoms with E-state index in [2.05, 4.69) is 22.8 Å². The standard InChI is InChI=1S/C17H24N2O2/c20-12-17(9-10-17)11-18-16(21)19-15(14-7-4-8-14)13-5-2-1-3-6-13/h1-3,5-6,14-15,20H,4,7-12H2,(H2,18,19,21)/t15-/m1/s1. The maximum atomic E-state index is 12.2. The maximum Gasteiger partial charge on any atom is 0.315 e. The van der Waals surface area contributed by atoms with Gasteiger partial charge in [0.05, 0.1) is 12.6 Å². The summed E-state index contributed by atoms with van der Waals surface area (Å²) in [4.78, 5) is 12.2. The second-order valence-corrected chi connectivity index (χ2v) is 6.56. The minimum atomic E-state index is -0.115. The highest BCUT2D eigenvalue weighted by atomic mass is 16.3. The molecule has 114 valence electrons. The molecule has 0 bridgehead atoms. The molecule has 1 atom stereocenters. The summed E-state index contributed by atoms with van der Waals surface area (Å²) in [7, 11) is 0. The Morgan fingerprint density at radius 2 is 2.00 bits per heavy atom. The zero-order chi connectivity index (χ0) is 14.7. The lowest BCUT2D eigenvalue weighted by Crippen LogP contribution is -2.44. The minimum Gasteiger partial charge on any atom is -0.396 e. The van der Waals surface area contributed by atoms with Crippen molar-refractivity contribution in [3.63, 3.8) is 0 Å². The Morgan fingerprint density at radius 1 is 1.29 bits per heavy atom. The van der Waals surface area contributed by atoms with Gasteiger partial charge in [-0.15, -0.1) is 0 Å². The molecule has 0 spiro atoms. The summed E-state index contributed by atoms with van der Waals surface area (Å²) in [5.74, 6) is 0.547. The molecule has 2 amide bonds. The van der Waals surface area contributed by atoms with Crippen LogP contribution in [0.5, 0.6) is 0 Å². The van der Waals surface area contributed by atoms with E-state index >= 15 is 0 Å². The predicted octanol–water partition coefficient (Wildman–Crippen LogP) is 2.60.